The van der Waals surface area contributed by atoms with Crippen LogP contribution in [0.3, 0.4) is 0 Å². The number of hydrogen-bond acceptors (Lipinski definition) is 8. The molecule has 3 rings (SSSR count). The van der Waals surface area contributed by atoms with E-state index < -0.39 is 77.5 Å². The van der Waals surface area contributed by atoms with Crippen molar-refractivity contribution in [2.75, 3.05) is 13.2 Å². The van der Waals surface area contributed by atoms with Crippen LogP contribution < -0.4 is 15.4 Å². The topological polar surface area (TPSA) is 140 Å². The molecule has 0 bridgehead atoms. The predicted octanol–water partition coefficient (Wildman–Crippen LogP) is 2.61. The molecule has 3 N–H and O–H groups in total. The molecule has 14 heteroatoms. The van der Waals surface area contributed by atoms with Crippen molar-refractivity contribution in [3.8, 4) is 5.75 Å². The number of benzene rings is 1. The number of aliphatic carboxylic acids is 1. The molecule has 3 atom stereocenters. The molecule has 1 aromatic heterocycles. The van der Waals surface area contributed by atoms with Crippen LogP contribution in [-0.4, -0.2) is 58.0 Å². The molecular formula is C25H28F4N4O6. The van der Waals surface area contributed by atoms with Gasteiger partial charge in [0.05, 0.1) is 18.7 Å². The summed E-state index contributed by atoms with van der Waals surface area (Å²) in [7, 11) is 0. The number of nitrogens with one attached hydrogen (secondary N) is 2. The van der Waals surface area contributed by atoms with E-state index in [0.29, 0.717) is 18.7 Å². The fourth-order valence-electron chi connectivity index (χ4n) is 4.08. The molecule has 10 nitrogen and oxygen atoms in total. The summed E-state index contributed by atoms with van der Waals surface area (Å²) < 4.78 is 65.4. The molecule has 212 valence electrons. The van der Waals surface area contributed by atoms with Crippen molar-refractivity contribution in [3.63, 3.8) is 0 Å². The Bertz CT molecular complexity index is 1170. The van der Waals surface area contributed by atoms with Crippen LogP contribution in [0.4, 0.5) is 17.6 Å². The van der Waals surface area contributed by atoms with Crippen LogP contribution in [0, 0.1) is 29.2 Å². The van der Waals surface area contributed by atoms with Gasteiger partial charge < -0.3 is 19.9 Å². The zero-order valence-electron chi connectivity index (χ0n) is 21.2. The lowest BCUT2D eigenvalue weighted by atomic mass is 9.94. The molecule has 1 aliphatic heterocycles. The number of carboxylic acid groups (broad SMARTS) is 1. The maximum absolute atomic E-state index is 13.9. The number of hydrogen-bond donors (Lipinski definition) is 3. The molecule has 39 heavy (non-hydrogen) atoms. The standard InChI is InChI=1S/C25H28F4N4O6/c1-13(2)22(33-25(5-3-4-8-39-25)18-11-30-6-7-31-18)24(37)32-16(10-19(35)36)17(34)12-38-23-20(28)14(26)9-15(27)21(23)29/h6-7,9,11,13,16,22,33H,3-5,8,10,12H2,1-2H3,(H,32,37)(H,35,36)/t16-,22-,25?/m0/s1. The first-order valence-corrected chi connectivity index (χ1v) is 12.1. The molecule has 1 saturated heterocycles. The number of carbonyl (C=O) groups excluding carboxylic acids is 2. The average molecular weight is 557 g/mol. The van der Waals surface area contributed by atoms with E-state index in [1.54, 1.807) is 13.8 Å². The Morgan fingerprint density at radius 1 is 1.13 bits per heavy atom. The summed E-state index contributed by atoms with van der Waals surface area (Å²) in [5.74, 6) is -12.5. The number of ketones is 1. The number of nitrogens with zero attached hydrogens (tertiary/aromatic N) is 2. The first-order chi connectivity index (χ1) is 18.4. The molecule has 1 amide bonds. The molecule has 2 heterocycles. The number of ether oxygens (including phenoxy) is 2. The summed E-state index contributed by atoms with van der Waals surface area (Å²) in [6.07, 6.45) is 5.54. The molecule has 1 fully saturated rings. The van der Waals surface area contributed by atoms with Gasteiger partial charge in [0, 0.05) is 25.1 Å². The number of carbonyl (C=O) groups is 3. The molecule has 0 saturated carbocycles. The Balaban J connectivity index is 1.79. The van der Waals surface area contributed by atoms with E-state index in [9.17, 15) is 37.1 Å². The number of aromatic nitrogens is 2. The quantitative estimate of drug-likeness (QED) is 0.266. The van der Waals surface area contributed by atoms with Crippen LogP contribution in [-0.2, 0) is 24.8 Å². The first kappa shape index (κ1) is 29.9. The van der Waals surface area contributed by atoms with Crippen molar-refractivity contribution in [1.29, 1.82) is 0 Å². The van der Waals surface area contributed by atoms with Crippen molar-refractivity contribution in [1.82, 2.24) is 20.6 Å². The van der Waals surface area contributed by atoms with Gasteiger partial charge in [-0.05, 0) is 25.2 Å². The van der Waals surface area contributed by atoms with Gasteiger partial charge in [0.1, 0.15) is 18.3 Å². The average Bonchev–Trinajstić information content (AvgIpc) is 2.90. The minimum absolute atomic E-state index is 0.0321. The Morgan fingerprint density at radius 2 is 1.82 bits per heavy atom. The van der Waals surface area contributed by atoms with Crippen LogP contribution in [0.25, 0.3) is 0 Å². The van der Waals surface area contributed by atoms with Crippen molar-refractivity contribution in [2.24, 2.45) is 5.92 Å². The summed E-state index contributed by atoms with van der Waals surface area (Å²) in [5, 5.41) is 14.8. The zero-order valence-corrected chi connectivity index (χ0v) is 21.2. The Morgan fingerprint density at radius 3 is 2.36 bits per heavy atom. The van der Waals surface area contributed by atoms with E-state index in [0.717, 1.165) is 12.8 Å². The monoisotopic (exact) mass is 556 g/mol. The maximum Gasteiger partial charge on any atom is 0.305 e. The largest absolute Gasteiger partial charge is 0.481 e. The van der Waals surface area contributed by atoms with Crippen LogP contribution in [0.1, 0.15) is 45.2 Å². The summed E-state index contributed by atoms with van der Waals surface area (Å²) >= 11 is 0. The molecule has 1 unspecified atom stereocenters. The minimum atomic E-state index is -1.87. The number of halogens is 4. The molecule has 1 aromatic carbocycles. The third kappa shape index (κ3) is 7.26. The SMILES string of the molecule is CC(C)[C@H](NC1(c2cnccn2)CCCCO1)C(=O)N[C@@H](CC(=O)O)C(=O)COc1c(F)c(F)cc(F)c1F. The number of carboxylic acids is 1. The van der Waals surface area contributed by atoms with Gasteiger partial charge in [-0.15, -0.1) is 0 Å². The third-order valence-electron chi connectivity index (χ3n) is 6.10. The van der Waals surface area contributed by atoms with Gasteiger partial charge in [0.15, 0.2) is 28.9 Å². The number of rotatable bonds is 12. The second-order valence-corrected chi connectivity index (χ2v) is 9.30. The van der Waals surface area contributed by atoms with Crippen LogP contribution in [0.2, 0.25) is 0 Å². The third-order valence-corrected chi connectivity index (χ3v) is 6.10. The number of Topliss-reactive ketones (excluding diaryl/α,β-unsaturated/α-hetero) is 1. The summed E-state index contributed by atoms with van der Waals surface area (Å²) in [5.41, 5.74) is -0.744. The molecule has 0 aliphatic carbocycles. The highest BCUT2D eigenvalue weighted by molar-refractivity contribution is 5.94. The van der Waals surface area contributed by atoms with E-state index in [2.05, 4.69) is 25.3 Å². The van der Waals surface area contributed by atoms with E-state index in [-0.39, 0.29) is 12.0 Å². The molecule has 0 radical (unpaired) electrons. The fourth-order valence-corrected chi connectivity index (χ4v) is 4.08. The van der Waals surface area contributed by atoms with Gasteiger partial charge in [0.25, 0.3) is 0 Å². The molecule has 0 spiro atoms. The first-order valence-electron chi connectivity index (χ1n) is 12.1. The lowest BCUT2D eigenvalue weighted by molar-refractivity contribution is -0.144. The summed E-state index contributed by atoms with van der Waals surface area (Å²) in [6, 6.07) is -2.74. The van der Waals surface area contributed by atoms with E-state index >= 15 is 0 Å². The lowest BCUT2D eigenvalue weighted by Crippen LogP contribution is -2.60. The fraction of sp³-hybridized carbons (Fsp3) is 0.480. The van der Waals surface area contributed by atoms with Crippen LogP contribution in [0.5, 0.6) is 5.75 Å². The second-order valence-electron chi connectivity index (χ2n) is 9.30. The Hall–Kier alpha value is -3.65. The van der Waals surface area contributed by atoms with E-state index in [1.165, 1.54) is 18.6 Å². The smallest absolute Gasteiger partial charge is 0.305 e. The van der Waals surface area contributed by atoms with Gasteiger partial charge in [-0.1, -0.05) is 13.8 Å². The van der Waals surface area contributed by atoms with E-state index in [4.69, 9.17) is 4.74 Å². The number of amides is 1. The van der Waals surface area contributed by atoms with Gasteiger partial charge in [-0.2, -0.15) is 8.78 Å². The summed E-state index contributed by atoms with van der Waals surface area (Å²) in [6.45, 7) is 2.62. The Labute approximate surface area is 221 Å². The highest BCUT2D eigenvalue weighted by atomic mass is 19.2. The maximum atomic E-state index is 13.9. The van der Waals surface area contributed by atoms with Gasteiger partial charge in [-0.25, -0.2) is 8.78 Å². The van der Waals surface area contributed by atoms with E-state index in [1.807, 2.05) is 0 Å². The van der Waals surface area contributed by atoms with Crippen molar-refractivity contribution in [2.45, 2.75) is 57.3 Å². The molecule has 2 aromatic rings. The van der Waals surface area contributed by atoms with Crippen molar-refractivity contribution >= 4 is 17.7 Å². The normalized spacial score (nSPS) is 18.8. The minimum Gasteiger partial charge on any atom is -0.481 e. The molecule has 1 aliphatic rings. The van der Waals surface area contributed by atoms with Crippen LogP contribution in [0.15, 0.2) is 24.7 Å². The molecular weight excluding hydrogens is 528 g/mol. The zero-order chi connectivity index (χ0) is 28.7. The highest BCUT2D eigenvalue weighted by Crippen LogP contribution is 2.32. The van der Waals surface area contributed by atoms with Crippen molar-refractivity contribution < 1.29 is 46.5 Å². The predicted molar refractivity (Wildman–Crippen MR) is 126 cm³/mol. The van der Waals surface area contributed by atoms with Crippen molar-refractivity contribution in [3.05, 3.63) is 53.6 Å². The van der Waals surface area contributed by atoms with Crippen LogP contribution >= 0.6 is 0 Å². The van der Waals surface area contributed by atoms with Gasteiger partial charge in [0.2, 0.25) is 17.5 Å². The highest BCUT2D eigenvalue weighted by Gasteiger charge is 2.42. The van der Waals surface area contributed by atoms with Gasteiger partial charge in [-0.3, -0.25) is 29.7 Å². The lowest BCUT2D eigenvalue weighted by Gasteiger charge is -2.41. The summed E-state index contributed by atoms with van der Waals surface area (Å²) in [4.78, 5) is 45.9. The Kier molecular flexibility index (Phi) is 9.92. The second kappa shape index (κ2) is 12.9. The van der Waals surface area contributed by atoms with Gasteiger partial charge >= 0.3 is 5.97 Å².